The Balaban J connectivity index is 0.00000192. The van der Waals surface area contributed by atoms with Gasteiger partial charge in [-0.2, -0.15) is 0 Å². The van der Waals surface area contributed by atoms with E-state index in [9.17, 15) is 4.39 Å². The van der Waals surface area contributed by atoms with Crippen molar-refractivity contribution in [3.63, 3.8) is 0 Å². The Morgan fingerprint density at radius 3 is 2.74 bits per heavy atom. The van der Waals surface area contributed by atoms with Crippen molar-refractivity contribution in [1.29, 1.82) is 0 Å². The number of aryl methyl sites for hydroxylation is 1. The maximum Gasteiger partial charge on any atom is 0.127 e. The lowest BCUT2D eigenvalue weighted by Gasteiger charge is -2.37. The van der Waals surface area contributed by atoms with Crippen molar-refractivity contribution in [2.75, 3.05) is 26.2 Å². The monoisotopic (exact) mass is 338 g/mol. The average Bonchev–Trinajstić information content (AvgIpc) is 2.94. The van der Waals surface area contributed by atoms with Gasteiger partial charge in [0.1, 0.15) is 11.6 Å². The van der Waals surface area contributed by atoms with E-state index in [0.717, 1.165) is 32.0 Å². The molecule has 1 aliphatic heterocycles. The van der Waals surface area contributed by atoms with E-state index < -0.39 is 0 Å². The molecule has 1 N–H and O–H groups in total. The normalized spacial score (nSPS) is 20.0. The molecule has 2 atom stereocenters. The second-order valence-electron chi connectivity index (χ2n) is 6.06. The van der Waals surface area contributed by atoms with Gasteiger partial charge in [0.25, 0.3) is 0 Å². The fourth-order valence-corrected chi connectivity index (χ4v) is 3.17. The second-order valence-corrected chi connectivity index (χ2v) is 6.06. The molecule has 2 heterocycles. The Bertz CT molecular complexity index is 613. The molecule has 3 rings (SSSR count). The van der Waals surface area contributed by atoms with Gasteiger partial charge in [0.15, 0.2) is 0 Å². The predicted octanol–water partition coefficient (Wildman–Crippen LogP) is 2.73. The number of rotatable bonds is 4. The van der Waals surface area contributed by atoms with Crippen LogP contribution in [0.1, 0.15) is 30.3 Å². The maximum absolute atomic E-state index is 13.1. The Kier molecular flexibility index (Phi) is 6.16. The zero-order valence-corrected chi connectivity index (χ0v) is 14.4. The van der Waals surface area contributed by atoms with Crippen LogP contribution in [0.3, 0.4) is 0 Å². The molecule has 0 amide bonds. The van der Waals surface area contributed by atoms with Gasteiger partial charge < -0.3 is 9.88 Å². The molecule has 0 aliphatic carbocycles. The molecule has 1 aliphatic rings. The van der Waals surface area contributed by atoms with Crippen molar-refractivity contribution < 1.29 is 4.39 Å². The van der Waals surface area contributed by atoms with E-state index in [4.69, 9.17) is 0 Å². The minimum Gasteiger partial charge on any atom is -0.337 e. The molecule has 2 aromatic rings. The van der Waals surface area contributed by atoms with E-state index in [1.165, 1.54) is 5.56 Å². The molecule has 1 saturated heterocycles. The topological polar surface area (TPSA) is 33.1 Å². The Labute approximate surface area is 143 Å². The highest BCUT2D eigenvalue weighted by Gasteiger charge is 2.27. The van der Waals surface area contributed by atoms with Crippen molar-refractivity contribution in [1.82, 2.24) is 19.8 Å². The Hall–Kier alpha value is -1.43. The summed E-state index contributed by atoms with van der Waals surface area (Å²) in [6.45, 7) is 6.07. The summed E-state index contributed by atoms with van der Waals surface area (Å²) in [6.07, 6.45) is 3.84. The van der Waals surface area contributed by atoms with E-state index in [1.807, 2.05) is 31.6 Å². The summed E-state index contributed by atoms with van der Waals surface area (Å²) >= 11 is 0. The summed E-state index contributed by atoms with van der Waals surface area (Å²) in [5, 5.41) is 3.46. The van der Waals surface area contributed by atoms with Crippen LogP contribution in [0.5, 0.6) is 0 Å². The van der Waals surface area contributed by atoms with Gasteiger partial charge in [-0.1, -0.05) is 19.1 Å². The van der Waals surface area contributed by atoms with Crippen LogP contribution >= 0.6 is 12.4 Å². The summed E-state index contributed by atoms with van der Waals surface area (Å²) in [5.41, 5.74) is 1.18. The molecule has 4 nitrogen and oxygen atoms in total. The van der Waals surface area contributed by atoms with Gasteiger partial charge in [0.2, 0.25) is 0 Å². The van der Waals surface area contributed by atoms with Crippen LogP contribution in [-0.4, -0.2) is 40.6 Å². The highest BCUT2D eigenvalue weighted by Crippen LogP contribution is 2.25. The number of halogens is 2. The minimum atomic E-state index is -0.177. The van der Waals surface area contributed by atoms with Gasteiger partial charge in [0, 0.05) is 45.6 Å². The van der Waals surface area contributed by atoms with Crippen LogP contribution in [0, 0.1) is 5.82 Å². The van der Waals surface area contributed by atoms with Gasteiger partial charge in [0.05, 0.1) is 6.04 Å². The molecule has 0 spiro atoms. The molecule has 6 heteroatoms. The van der Waals surface area contributed by atoms with Crippen LogP contribution in [0.4, 0.5) is 4.39 Å². The largest absolute Gasteiger partial charge is 0.337 e. The third kappa shape index (κ3) is 4.10. The van der Waals surface area contributed by atoms with E-state index in [-0.39, 0.29) is 24.3 Å². The zero-order chi connectivity index (χ0) is 15.5. The highest BCUT2D eigenvalue weighted by molar-refractivity contribution is 5.85. The molecule has 23 heavy (non-hydrogen) atoms. The van der Waals surface area contributed by atoms with E-state index in [2.05, 4.69) is 26.7 Å². The summed E-state index contributed by atoms with van der Waals surface area (Å²) in [5.74, 6) is 1.28. The Morgan fingerprint density at radius 2 is 2.09 bits per heavy atom. The van der Waals surface area contributed by atoms with E-state index in [1.54, 1.807) is 12.1 Å². The molecule has 2 unspecified atom stereocenters. The number of imidazole rings is 1. The van der Waals surface area contributed by atoms with Crippen LogP contribution in [0.15, 0.2) is 36.7 Å². The molecule has 0 saturated carbocycles. The second kappa shape index (κ2) is 7.90. The third-order valence-corrected chi connectivity index (χ3v) is 4.46. The molecule has 1 aromatic carbocycles. The van der Waals surface area contributed by atoms with Gasteiger partial charge in [-0.3, -0.25) is 4.90 Å². The van der Waals surface area contributed by atoms with Gasteiger partial charge in [-0.25, -0.2) is 9.37 Å². The molecule has 1 aromatic heterocycles. The quantitative estimate of drug-likeness (QED) is 0.930. The van der Waals surface area contributed by atoms with Crippen molar-refractivity contribution in [3.05, 3.63) is 53.9 Å². The SMILES string of the molecule is CC(CN1CCNCC1c1nccn1C)c1ccc(F)cc1.Cl. The third-order valence-electron chi connectivity index (χ3n) is 4.46. The summed E-state index contributed by atoms with van der Waals surface area (Å²) in [4.78, 5) is 6.99. The minimum absolute atomic E-state index is 0. The first-order chi connectivity index (χ1) is 10.6. The van der Waals surface area contributed by atoms with Crippen molar-refractivity contribution in [2.24, 2.45) is 7.05 Å². The van der Waals surface area contributed by atoms with E-state index >= 15 is 0 Å². The average molecular weight is 339 g/mol. The van der Waals surface area contributed by atoms with Crippen LogP contribution in [0.25, 0.3) is 0 Å². The van der Waals surface area contributed by atoms with Crippen molar-refractivity contribution in [3.8, 4) is 0 Å². The summed E-state index contributed by atoms with van der Waals surface area (Å²) in [6, 6.07) is 7.15. The van der Waals surface area contributed by atoms with Crippen molar-refractivity contribution in [2.45, 2.75) is 18.9 Å². The first-order valence-corrected chi connectivity index (χ1v) is 7.82. The maximum atomic E-state index is 13.1. The first-order valence-electron chi connectivity index (χ1n) is 7.82. The smallest absolute Gasteiger partial charge is 0.127 e. The van der Waals surface area contributed by atoms with Crippen LogP contribution in [-0.2, 0) is 7.05 Å². The molecule has 0 bridgehead atoms. The van der Waals surface area contributed by atoms with Gasteiger partial charge >= 0.3 is 0 Å². The molecule has 0 radical (unpaired) electrons. The number of aromatic nitrogens is 2. The summed E-state index contributed by atoms with van der Waals surface area (Å²) in [7, 11) is 2.04. The van der Waals surface area contributed by atoms with Crippen LogP contribution in [0.2, 0.25) is 0 Å². The fraction of sp³-hybridized carbons (Fsp3) is 0.471. The highest BCUT2D eigenvalue weighted by atomic mass is 35.5. The lowest BCUT2D eigenvalue weighted by Crippen LogP contribution is -2.47. The first kappa shape index (κ1) is 17.9. The van der Waals surface area contributed by atoms with E-state index in [0.29, 0.717) is 5.92 Å². The van der Waals surface area contributed by atoms with Gasteiger partial charge in [-0.05, 0) is 23.6 Å². The molecule has 126 valence electrons. The number of hydrogen-bond acceptors (Lipinski definition) is 3. The molecular formula is C17H24ClFN4. The Morgan fingerprint density at radius 1 is 1.35 bits per heavy atom. The number of benzene rings is 1. The molecular weight excluding hydrogens is 315 g/mol. The summed E-state index contributed by atoms with van der Waals surface area (Å²) < 4.78 is 15.2. The van der Waals surface area contributed by atoms with Gasteiger partial charge in [-0.15, -0.1) is 12.4 Å². The number of piperazine rings is 1. The fourth-order valence-electron chi connectivity index (χ4n) is 3.17. The zero-order valence-electron chi connectivity index (χ0n) is 13.6. The number of nitrogens with zero attached hydrogens (tertiary/aromatic N) is 3. The lowest BCUT2D eigenvalue weighted by atomic mass is 9.99. The van der Waals surface area contributed by atoms with Crippen LogP contribution < -0.4 is 5.32 Å². The number of nitrogens with one attached hydrogen (secondary N) is 1. The van der Waals surface area contributed by atoms with Crippen molar-refractivity contribution >= 4 is 12.4 Å². The molecule has 1 fully saturated rings. The lowest BCUT2D eigenvalue weighted by molar-refractivity contribution is 0.145. The number of hydrogen-bond donors (Lipinski definition) is 1. The predicted molar refractivity (Wildman–Crippen MR) is 92.5 cm³/mol. The standard InChI is InChI=1S/C17H23FN4.ClH/c1-13(14-3-5-15(18)6-4-14)12-22-10-7-19-11-16(22)17-20-8-9-21(17)2;/h3-6,8-9,13,16,19H,7,10-12H2,1-2H3;1H.